The Bertz CT molecular complexity index is 786. The van der Waals surface area contributed by atoms with E-state index >= 15 is 0 Å². The molecule has 2 atom stereocenters. The summed E-state index contributed by atoms with van der Waals surface area (Å²) in [5.41, 5.74) is 1.16. The fourth-order valence-corrected chi connectivity index (χ4v) is 3.24. The van der Waals surface area contributed by atoms with Gasteiger partial charge in [-0.25, -0.2) is 0 Å². The minimum Gasteiger partial charge on any atom is -0.455 e. The van der Waals surface area contributed by atoms with Crippen LogP contribution >= 0.6 is 32.4 Å². The topological polar surface area (TPSA) is 18.5 Å². The molecule has 0 aliphatic rings. The third kappa shape index (κ3) is 5.38. The van der Waals surface area contributed by atoms with Crippen LogP contribution in [0.3, 0.4) is 0 Å². The Morgan fingerprint density at radius 1 is 0.731 bits per heavy atom. The molecule has 0 fully saturated rings. The maximum atomic E-state index is 6.15. The summed E-state index contributed by atoms with van der Waals surface area (Å²) in [5.74, 6) is 1.53. The molecule has 3 aromatic carbocycles. The van der Waals surface area contributed by atoms with Crippen LogP contribution in [-0.2, 0) is 0 Å². The van der Waals surface area contributed by atoms with Crippen molar-refractivity contribution in [1.82, 2.24) is 0 Å². The zero-order valence-corrected chi connectivity index (χ0v) is 16.7. The van der Waals surface area contributed by atoms with E-state index in [2.05, 4.69) is 9.24 Å². The average molecular weight is 405 g/mol. The molecule has 3 rings (SSSR count). The second-order valence-electron chi connectivity index (χ2n) is 5.81. The largest absolute Gasteiger partial charge is 0.455 e. The third-order valence-electron chi connectivity index (χ3n) is 3.84. The molecule has 0 aliphatic carbocycles. The van der Waals surface area contributed by atoms with Gasteiger partial charge in [-0.15, -0.1) is 9.24 Å². The highest BCUT2D eigenvalue weighted by Crippen LogP contribution is 2.34. The number of hydrogen-bond acceptors (Lipinski definition) is 2. The van der Waals surface area contributed by atoms with Gasteiger partial charge in [-0.05, 0) is 42.0 Å². The van der Waals surface area contributed by atoms with Crippen molar-refractivity contribution in [2.24, 2.45) is 0 Å². The molecule has 0 saturated heterocycles. The molecular formula is C21H19Cl2O2P. The van der Waals surface area contributed by atoms with E-state index in [-0.39, 0.29) is 5.66 Å². The van der Waals surface area contributed by atoms with Crippen molar-refractivity contribution in [2.45, 2.75) is 18.4 Å². The van der Waals surface area contributed by atoms with E-state index in [9.17, 15) is 0 Å². The molecule has 0 bridgehead atoms. The van der Waals surface area contributed by atoms with Crippen molar-refractivity contribution in [2.75, 3.05) is 0 Å². The summed E-state index contributed by atoms with van der Waals surface area (Å²) in [6.07, 6.45) is 0.184. The molecule has 0 amide bonds. The van der Waals surface area contributed by atoms with Gasteiger partial charge in [0.25, 0.3) is 0 Å². The van der Waals surface area contributed by atoms with E-state index in [1.54, 1.807) is 6.07 Å². The fourth-order valence-electron chi connectivity index (χ4n) is 2.51. The van der Waals surface area contributed by atoms with Crippen LogP contribution in [-0.4, -0.2) is 6.29 Å². The van der Waals surface area contributed by atoms with Gasteiger partial charge in [-0.1, -0.05) is 65.7 Å². The van der Waals surface area contributed by atoms with Crippen LogP contribution in [0.4, 0.5) is 0 Å². The van der Waals surface area contributed by atoms with E-state index in [0.717, 1.165) is 17.1 Å². The molecule has 0 heterocycles. The first kappa shape index (κ1) is 19.0. The third-order valence-corrected chi connectivity index (χ3v) is 5.24. The fraction of sp³-hybridized carbons (Fsp3) is 0.143. The molecule has 0 saturated carbocycles. The first-order valence-corrected chi connectivity index (χ1v) is 9.68. The normalized spacial score (nSPS) is 12.0. The number of halogens is 2. The van der Waals surface area contributed by atoms with E-state index < -0.39 is 6.29 Å². The number of ether oxygens (including phenoxy) is 2. The molecule has 0 N–H and O–H groups in total. The van der Waals surface area contributed by atoms with Gasteiger partial charge >= 0.3 is 0 Å². The van der Waals surface area contributed by atoms with Crippen molar-refractivity contribution in [1.29, 1.82) is 0 Å². The molecule has 3 aromatic rings. The molecule has 2 nitrogen and oxygen atoms in total. The van der Waals surface area contributed by atoms with E-state index in [4.69, 9.17) is 32.7 Å². The van der Waals surface area contributed by atoms with Gasteiger partial charge < -0.3 is 9.47 Å². The summed E-state index contributed by atoms with van der Waals surface area (Å²) in [6, 6.07) is 25.0. The predicted molar refractivity (Wildman–Crippen MR) is 111 cm³/mol. The van der Waals surface area contributed by atoms with Gasteiger partial charge in [0.15, 0.2) is 0 Å². The number of benzene rings is 3. The standard InChI is InChI=1S/C21H19Cl2O2P/c22-18-12-11-15(13-19(18)23)20(26)14-21(24-16-7-3-1-4-8-16)25-17-9-5-2-6-10-17/h1-13,20-21H,14,26H2. The number of rotatable bonds is 7. The predicted octanol–water partition coefficient (Wildman–Crippen LogP) is 6.78. The van der Waals surface area contributed by atoms with E-state index in [0.29, 0.717) is 16.5 Å². The maximum Gasteiger partial charge on any atom is 0.242 e. The molecule has 0 spiro atoms. The lowest BCUT2D eigenvalue weighted by Crippen LogP contribution is -2.25. The highest BCUT2D eigenvalue weighted by Gasteiger charge is 2.19. The summed E-state index contributed by atoms with van der Waals surface area (Å²) < 4.78 is 12.1. The molecule has 2 unspecified atom stereocenters. The lowest BCUT2D eigenvalue weighted by molar-refractivity contribution is -0.000909. The minimum atomic E-state index is -0.447. The molecule has 5 heteroatoms. The van der Waals surface area contributed by atoms with Crippen molar-refractivity contribution in [3.63, 3.8) is 0 Å². The Morgan fingerprint density at radius 3 is 1.77 bits per heavy atom. The summed E-state index contributed by atoms with van der Waals surface area (Å²) in [5, 5.41) is 1.09. The van der Waals surface area contributed by atoms with Gasteiger partial charge in [-0.2, -0.15) is 0 Å². The Morgan fingerprint density at radius 2 is 1.27 bits per heavy atom. The Kier molecular flexibility index (Phi) is 6.80. The second-order valence-corrected chi connectivity index (χ2v) is 7.43. The van der Waals surface area contributed by atoms with Gasteiger partial charge in [0.05, 0.1) is 10.0 Å². The van der Waals surface area contributed by atoms with Crippen molar-refractivity contribution in [3.05, 3.63) is 94.5 Å². The smallest absolute Gasteiger partial charge is 0.242 e. The van der Waals surface area contributed by atoms with Crippen molar-refractivity contribution in [3.8, 4) is 11.5 Å². The summed E-state index contributed by atoms with van der Waals surface area (Å²) in [7, 11) is 2.83. The van der Waals surface area contributed by atoms with Gasteiger partial charge in [0, 0.05) is 12.1 Å². The summed E-state index contributed by atoms with van der Waals surface area (Å²) >= 11 is 12.2. The number of hydrogen-bond donors (Lipinski definition) is 0. The summed E-state index contributed by atoms with van der Waals surface area (Å²) in [4.78, 5) is 0. The molecular weight excluding hydrogens is 386 g/mol. The maximum absolute atomic E-state index is 6.15. The molecule has 0 aromatic heterocycles. The Labute approximate surface area is 166 Å². The highest BCUT2D eigenvalue weighted by molar-refractivity contribution is 7.17. The Hall–Kier alpha value is -1.73. The van der Waals surface area contributed by atoms with Gasteiger partial charge in [0.1, 0.15) is 11.5 Å². The zero-order valence-electron chi connectivity index (χ0n) is 14.0. The van der Waals surface area contributed by atoms with Crippen LogP contribution in [0.2, 0.25) is 10.0 Å². The van der Waals surface area contributed by atoms with Crippen LogP contribution in [0, 0.1) is 0 Å². The zero-order chi connectivity index (χ0) is 18.4. The van der Waals surface area contributed by atoms with Crippen LogP contribution in [0.1, 0.15) is 17.6 Å². The van der Waals surface area contributed by atoms with Crippen molar-refractivity contribution >= 4 is 32.4 Å². The van der Waals surface area contributed by atoms with Crippen LogP contribution in [0.5, 0.6) is 11.5 Å². The second kappa shape index (κ2) is 9.28. The van der Waals surface area contributed by atoms with Crippen LogP contribution in [0.25, 0.3) is 0 Å². The SMILES string of the molecule is PC(CC(Oc1ccccc1)Oc1ccccc1)c1ccc(Cl)c(Cl)c1. The molecule has 26 heavy (non-hydrogen) atoms. The first-order valence-electron chi connectivity index (χ1n) is 8.26. The first-order chi connectivity index (χ1) is 12.6. The quantitative estimate of drug-likeness (QED) is 0.319. The summed E-state index contributed by atoms with van der Waals surface area (Å²) in [6.45, 7) is 0. The van der Waals surface area contributed by atoms with E-state index in [1.165, 1.54) is 0 Å². The Balaban J connectivity index is 1.76. The highest BCUT2D eigenvalue weighted by atomic mass is 35.5. The minimum absolute atomic E-state index is 0.0993. The molecule has 0 radical (unpaired) electrons. The van der Waals surface area contributed by atoms with Crippen LogP contribution in [0.15, 0.2) is 78.9 Å². The van der Waals surface area contributed by atoms with Crippen molar-refractivity contribution < 1.29 is 9.47 Å². The average Bonchev–Trinajstić information content (AvgIpc) is 2.65. The lowest BCUT2D eigenvalue weighted by Gasteiger charge is -2.24. The lowest BCUT2D eigenvalue weighted by atomic mass is 10.1. The van der Waals surface area contributed by atoms with Gasteiger partial charge in [0.2, 0.25) is 6.29 Å². The number of para-hydroxylation sites is 2. The molecule has 134 valence electrons. The molecule has 0 aliphatic heterocycles. The van der Waals surface area contributed by atoms with Gasteiger partial charge in [-0.3, -0.25) is 0 Å². The van der Waals surface area contributed by atoms with Crippen LogP contribution < -0.4 is 9.47 Å². The van der Waals surface area contributed by atoms with E-state index in [1.807, 2.05) is 72.8 Å². The monoisotopic (exact) mass is 404 g/mol.